The zero-order valence-electron chi connectivity index (χ0n) is 8.16. The lowest BCUT2D eigenvalue weighted by Gasteiger charge is -2.14. The highest BCUT2D eigenvalue weighted by atomic mass is 16.4. The minimum atomic E-state index is -1.08. The molecule has 0 bridgehead atoms. The number of hydrogen-bond acceptors (Lipinski definition) is 3. The molecular weight excluding hydrogens is 184 g/mol. The highest BCUT2D eigenvalue weighted by Gasteiger charge is 2.11. The molecule has 5 nitrogen and oxygen atoms in total. The summed E-state index contributed by atoms with van der Waals surface area (Å²) in [6.07, 6.45) is 2.02. The van der Waals surface area contributed by atoms with Crippen molar-refractivity contribution in [3.05, 3.63) is 0 Å². The maximum Gasteiger partial charge on any atom is 0.312 e. The molecule has 2 N–H and O–H groups in total. The average Bonchev–Trinajstić information content (AvgIpc) is 2.55. The number of likely N-dealkylation sites (tertiary alicyclic amines) is 1. The monoisotopic (exact) mass is 200 g/mol. The Balaban J connectivity index is 2.02. The maximum atomic E-state index is 10.9. The van der Waals surface area contributed by atoms with Gasteiger partial charge in [0.1, 0.15) is 6.42 Å². The lowest BCUT2D eigenvalue weighted by molar-refractivity contribution is -0.140. The van der Waals surface area contributed by atoms with Gasteiger partial charge in [-0.3, -0.25) is 9.59 Å². The first kappa shape index (κ1) is 11.0. The minimum absolute atomic E-state index is 0.406. The van der Waals surface area contributed by atoms with Crippen LogP contribution in [0, 0.1) is 0 Å². The smallest absolute Gasteiger partial charge is 0.312 e. The fraction of sp³-hybridized carbons (Fsp3) is 0.778. The molecule has 0 aromatic heterocycles. The molecule has 0 atom stereocenters. The molecule has 0 spiro atoms. The molecule has 0 saturated carbocycles. The molecule has 80 valence electrons. The molecular formula is C9H16N2O3. The number of nitrogens with one attached hydrogen (secondary N) is 1. The van der Waals surface area contributed by atoms with Crippen LogP contribution >= 0.6 is 0 Å². The first-order chi connectivity index (χ1) is 6.68. The molecule has 5 heteroatoms. The summed E-state index contributed by atoms with van der Waals surface area (Å²) in [6, 6.07) is 0. The number of carboxylic acid groups (broad SMARTS) is 1. The van der Waals surface area contributed by atoms with E-state index in [-0.39, 0.29) is 0 Å². The number of carbonyl (C=O) groups excluding carboxylic acids is 1. The molecule has 1 fully saturated rings. The fourth-order valence-electron chi connectivity index (χ4n) is 1.56. The van der Waals surface area contributed by atoms with Crippen molar-refractivity contribution < 1.29 is 14.7 Å². The Morgan fingerprint density at radius 3 is 2.50 bits per heavy atom. The molecule has 14 heavy (non-hydrogen) atoms. The van der Waals surface area contributed by atoms with Crippen LogP contribution in [-0.2, 0) is 9.59 Å². The number of hydrogen-bond donors (Lipinski definition) is 2. The van der Waals surface area contributed by atoms with Crippen LogP contribution < -0.4 is 5.32 Å². The van der Waals surface area contributed by atoms with Crippen molar-refractivity contribution in [3.63, 3.8) is 0 Å². The summed E-state index contributed by atoms with van der Waals surface area (Å²) in [7, 11) is 0. The number of rotatable bonds is 5. The third-order valence-electron chi connectivity index (χ3n) is 2.26. The van der Waals surface area contributed by atoms with Crippen molar-refractivity contribution in [2.45, 2.75) is 19.3 Å². The predicted octanol–water partition coefficient (Wildman–Crippen LogP) is -0.327. The van der Waals surface area contributed by atoms with Gasteiger partial charge in [-0.1, -0.05) is 0 Å². The quantitative estimate of drug-likeness (QED) is 0.596. The van der Waals surface area contributed by atoms with Crippen molar-refractivity contribution in [2.75, 3.05) is 26.2 Å². The minimum Gasteiger partial charge on any atom is -0.481 e. The van der Waals surface area contributed by atoms with E-state index in [1.165, 1.54) is 12.8 Å². The van der Waals surface area contributed by atoms with Crippen molar-refractivity contribution >= 4 is 11.9 Å². The fourth-order valence-corrected chi connectivity index (χ4v) is 1.56. The summed E-state index contributed by atoms with van der Waals surface area (Å²) in [5, 5.41) is 10.9. The Morgan fingerprint density at radius 2 is 1.93 bits per heavy atom. The highest BCUT2D eigenvalue weighted by Crippen LogP contribution is 2.05. The van der Waals surface area contributed by atoms with Gasteiger partial charge < -0.3 is 15.3 Å². The second-order valence-electron chi connectivity index (χ2n) is 3.47. The SMILES string of the molecule is O=C(O)CC(=O)NCCN1CCCC1. The van der Waals surface area contributed by atoms with Crippen molar-refractivity contribution in [2.24, 2.45) is 0 Å². The van der Waals surface area contributed by atoms with Crippen LogP contribution in [0.25, 0.3) is 0 Å². The van der Waals surface area contributed by atoms with Gasteiger partial charge in [-0.05, 0) is 25.9 Å². The first-order valence-electron chi connectivity index (χ1n) is 4.89. The third kappa shape index (κ3) is 4.23. The van der Waals surface area contributed by atoms with Gasteiger partial charge >= 0.3 is 5.97 Å². The number of aliphatic carboxylic acids is 1. The van der Waals surface area contributed by atoms with E-state index >= 15 is 0 Å². The van der Waals surface area contributed by atoms with Gasteiger partial charge in [0.2, 0.25) is 5.91 Å². The van der Waals surface area contributed by atoms with E-state index < -0.39 is 18.3 Å². The molecule has 1 heterocycles. The highest BCUT2D eigenvalue weighted by molar-refractivity contribution is 5.93. The van der Waals surface area contributed by atoms with E-state index in [1.807, 2.05) is 0 Å². The summed E-state index contributed by atoms with van der Waals surface area (Å²) in [6.45, 7) is 3.56. The first-order valence-corrected chi connectivity index (χ1v) is 4.89. The van der Waals surface area contributed by atoms with Crippen LogP contribution in [0.3, 0.4) is 0 Å². The van der Waals surface area contributed by atoms with Gasteiger partial charge in [0.05, 0.1) is 0 Å². The molecule has 1 amide bonds. The summed E-state index contributed by atoms with van der Waals surface area (Å²) < 4.78 is 0. The van der Waals surface area contributed by atoms with E-state index in [1.54, 1.807) is 0 Å². The molecule has 1 saturated heterocycles. The summed E-state index contributed by atoms with van der Waals surface area (Å²) in [4.78, 5) is 23.3. The molecule has 1 aliphatic heterocycles. The van der Waals surface area contributed by atoms with E-state index in [2.05, 4.69) is 10.2 Å². The van der Waals surface area contributed by atoms with Crippen LogP contribution in [0.4, 0.5) is 0 Å². The predicted molar refractivity (Wildman–Crippen MR) is 50.9 cm³/mol. The second-order valence-corrected chi connectivity index (χ2v) is 3.47. The van der Waals surface area contributed by atoms with E-state index in [4.69, 9.17) is 5.11 Å². The Bertz CT molecular complexity index is 212. The number of nitrogens with zero attached hydrogens (tertiary/aromatic N) is 1. The van der Waals surface area contributed by atoms with Gasteiger partial charge in [0.25, 0.3) is 0 Å². The Morgan fingerprint density at radius 1 is 1.29 bits per heavy atom. The molecule has 0 radical (unpaired) electrons. The largest absolute Gasteiger partial charge is 0.481 e. The number of carboxylic acids is 1. The Kier molecular flexibility index (Phi) is 4.39. The maximum absolute atomic E-state index is 10.9. The normalized spacial score (nSPS) is 16.9. The van der Waals surface area contributed by atoms with E-state index in [9.17, 15) is 9.59 Å². The van der Waals surface area contributed by atoms with Crippen LogP contribution in [0.15, 0.2) is 0 Å². The zero-order valence-corrected chi connectivity index (χ0v) is 8.16. The Labute approximate surface area is 83.1 Å². The second kappa shape index (κ2) is 5.59. The number of amides is 1. The van der Waals surface area contributed by atoms with Crippen LogP contribution in [0.5, 0.6) is 0 Å². The average molecular weight is 200 g/mol. The number of carbonyl (C=O) groups is 2. The van der Waals surface area contributed by atoms with Gasteiger partial charge in [-0.15, -0.1) is 0 Å². The molecule has 1 aliphatic rings. The lowest BCUT2D eigenvalue weighted by atomic mass is 10.4. The zero-order chi connectivity index (χ0) is 10.4. The summed E-state index contributed by atoms with van der Waals surface area (Å²) >= 11 is 0. The van der Waals surface area contributed by atoms with Gasteiger partial charge in [0, 0.05) is 13.1 Å². The molecule has 0 aliphatic carbocycles. The van der Waals surface area contributed by atoms with Gasteiger partial charge in [-0.2, -0.15) is 0 Å². The van der Waals surface area contributed by atoms with Crippen LogP contribution in [0.2, 0.25) is 0 Å². The van der Waals surface area contributed by atoms with Crippen molar-refractivity contribution in [1.82, 2.24) is 10.2 Å². The van der Waals surface area contributed by atoms with Crippen molar-refractivity contribution in [3.8, 4) is 0 Å². The van der Waals surface area contributed by atoms with E-state index in [0.717, 1.165) is 19.6 Å². The van der Waals surface area contributed by atoms with Gasteiger partial charge in [0.15, 0.2) is 0 Å². The van der Waals surface area contributed by atoms with Gasteiger partial charge in [-0.25, -0.2) is 0 Å². The summed E-state index contributed by atoms with van der Waals surface area (Å²) in [5.41, 5.74) is 0. The lowest BCUT2D eigenvalue weighted by Crippen LogP contribution is -2.34. The molecule has 0 aromatic carbocycles. The molecule has 0 unspecified atom stereocenters. The standard InChI is InChI=1S/C9H16N2O3/c12-8(7-9(13)14)10-3-6-11-4-1-2-5-11/h1-7H2,(H,10,12)(H,13,14). The Hall–Kier alpha value is -1.10. The summed E-state index contributed by atoms with van der Waals surface area (Å²) in [5.74, 6) is -1.49. The molecule has 0 aromatic rings. The topological polar surface area (TPSA) is 69.6 Å². The van der Waals surface area contributed by atoms with E-state index in [0.29, 0.717) is 6.54 Å². The third-order valence-corrected chi connectivity index (χ3v) is 2.26. The van der Waals surface area contributed by atoms with Crippen LogP contribution in [-0.4, -0.2) is 48.1 Å². The van der Waals surface area contributed by atoms with Crippen LogP contribution in [0.1, 0.15) is 19.3 Å². The van der Waals surface area contributed by atoms with Crippen molar-refractivity contribution in [1.29, 1.82) is 0 Å². The molecule has 1 rings (SSSR count).